The lowest BCUT2D eigenvalue weighted by atomic mass is 10.1. The van der Waals surface area contributed by atoms with Crippen molar-refractivity contribution in [1.29, 1.82) is 0 Å². The first-order chi connectivity index (χ1) is 16.5. The van der Waals surface area contributed by atoms with Gasteiger partial charge in [-0.2, -0.15) is 5.10 Å². The molecule has 2 aromatic carbocycles. The monoisotopic (exact) mass is 490 g/mol. The number of hydrogen-bond donors (Lipinski definition) is 1. The Bertz CT molecular complexity index is 1470. The SMILES string of the molecule is COc1cnc(-c2nn([C@H](C)c3ccc(Cl)cc3Cl)c3ccccc23)nc1Nc1ccncc1. The van der Waals surface area contributed by atoms with E-state index >= 15 is 0 Å². The number of hydrogen-bond acceptors (Lipinski definition) is 6. The Morgan fingerprint density at radius 2 is 1.82 bits per heavy atom. The zero-order valence-electron chi connectivity index (χ0n) is 18.4. The molecule has 0 unspecified atom stereocenters. The van der Waals surface area contributed by atoms with Crippen LogP contribution in [0, 0.1) is 0 Å². The molecule has 3 heterocycles. The third-order valence-electron chi connectivity index (χ3n) is 5.52. The summed E-state index contributed by atoms with van der Waals surface area (Å²) in [5.74, 6) is 1.53. The number of ether oxygens (including phenoxy) is 1. The Labute approximate surface area is 206 Å². The van der Waals surface area contributed by atoms with Gasteiger partial charge in [0.25, 0.3) is 0 Å². The van der Waals surface area contributed by atoms with Crippen LogP contribution in [0.3, 0.4) is 0 Å². The van der Waals surface area contributed by atoms with Gasteiger partial charge in [-0.3, -0.25) is 9.67 Å². The number of benzene rings is 2. The summed E-state index contributed by atoms with van der Waals surface area (Å²) in [6, 6.07) is 17.0. The number of aromatic nitrogens is 5. The van der Waals surface area contributed by atoms with Gasteiger partial charge in [-0.05, 0) is 42.8 Å². The second-order valence-electron chi connectivity index (χ2n) is 7.62. The highest BCUT2D eigenvalue weighted by atomic mass is 35.5. The van der Waals surface area contributed by atoms with Gasteiger partial charge in [-0.1, -0.05) is 47.5 Å². The van der Waals surface area contributed by atoms with Gasteiger partial charge in [0.15, 0.2) is 17.4 Å². The third kappa shape index (κ3) is 4.16. The fraction of sp³-hybridized carbons (Fsp3) is 0.120. The van der Waals surface area contributed by atoms with Crippen molar-refractivity contribution in [2.75, 3.05) is 12.4 Å². The Hall–Kier alpha value is -3.68. The fourth-order valence-electron chi connectivity index (χ4n) is 3.82. The predicted molar refractivity (Wildman–Crippen MR) is 135 cm³/mol. The van der Waals surface area contributed by atoms with Crippen LogP contribution in [0.25, 0.3) is 22.4 Å². The normalized spacial score (nSPS) is 12.0. The van der Waals surface area contributed by atoms with Crippen LogP contribution in [-0.4, -0.2) is 31.8 Å². The first-order valence-electron chi connectivity index (χ1n) is 10.6. The van der Waals surface area contributed by atoms with E-state index in [1.807, 2.05) is 60.1 Å². The molecule has 0 aliphatic carbocycles. The van der Waals surface area contributed by atoms with Crippen molar-refractivity contribution in [2.45, 2.75) is 13.0 Å². The summed E-state index contributed by atoms with van der Waals surface area (Å²) in [6.45, 7) is 2.05. The molecule has 1 atom stereocenters. The van der Waals surface area contributed by atoms with E-state index in [0.717, 1.165) is 22.2 Å². The molecule has 0 aliphatic rings. The number of rotatable bonds is 6. The lowest BCUT2D eigenvalue weighted by Gasteiger charge is -2.16. The summed E-state index contributed by atoms with van der Waals surface area (Å²) in [4.78, 5) is 13.3. The minimum Gasteiger partial charge on any atom is -0.491 e. The number of nitrogens with zero attached hydrogens (tertiary/aromatic N) is 5. The zero-order valence-corrected chi connectivity index (χ0v) is 19.9. The van der Waals surface area contributed by atoms with Gasteiger partial charge in [-0.25, -0.2) is 9.97 Å². The van der Waals surface area contributed by atoms with E-state index in [1.54, 1.807) is 31.8 Å². The summed E-state index contributed by atoms with van der Waals surface area (Å²) < 4.78 is 7.40. The van der Waals surface area contributed by atoms with Gasteiger partial charge in [0.1, 0.15) is 5.69 Å². The molecule has 0 radical (unpaired) electrons. The van der Waals surface area contributed by atoms with Crippen LogP contribution in [0.4, 0.5) is 11.5 Å². The first-order valence-corrected chi connectivity index (χ1v) is 11.3. The number of anilines is 2. The lowest BCUT2D eigenvalue weighted by Crippen LogP contribution is -2.09. The summed E-state index contributed by atoms with van der Waals surface area (Å²) in [5.41, 5.74) is 3.35. The van der Waals surface area contributed by atoms with Gasteiger partial charge in [0, 0.05) is 33.5 Å². The molecule has 5 rings (SSSR count). The Kier molecular flexibility index (Phi) is 6.04. The second-order valence-corrected chi connectivity index (χ2v) is 8.47. The Morgan fingerprint density at radius 1 is 1.03 bits per heavy atom. The maximum Gasteiger partial charge on any atom is 0.183 e. The largest absolute Gasteiger partial charge is 0.491 e. The smallest absolute Gasteiger partial charge is 0.183 e. The standard InChI is InChI=1S/C25H20Cl2N6O/c1-15(18-8-7-16(26)13-20(18)27)33-21-6-4-3-5-19(21)23(32-33)25-29-14-22(34-2)24(31-25)30-17-9-11-28-12-10-17/h3-15H,1-2H3,(H,28,29,30,31)/t15-/m1/s1. The van der Waals surface area contributed by atoms with Crippen LogP contribution in [0.15, 0.2) is 73.2 Å². The maximum absolute atomic E-state index is 6.50. The molecule has 0 spiro atoms. The molecule has 5 aromatic rings. The molecule has 9 heteroatoms. The number of pyridine rings is 1. The van der Waals surface area contributed by atoms with Gasteiger partial charge in [0.05, 0.1) is 24.9 Å². The van der Waals surface area contributed by atoms with Crippen LogP contribution in [0.1, 0.15) is 18.5 Å². The molecule has 7 nitrogen and oxygen atoms in total. The van der Waals surface area contributed by atoms with Gasteiger partial charge in [0.2, 0.25) is 0 Å². The summed E-state index contributed by atoms with van der Waals surface area (Å²) >= 11 is 12.6. The molecule has 0 saturated heterocycles. The van der Waals surface area contributed by atoms with Crippen LogP contribution < -0.4 is 10.1 Å². The average molecular weight is 491 g/mol. The highest BCUT2D eigenvalue weighted by Crippen LogP contribution is 2.35. The lowest BCUT2D eigenvalue weighted by molar-refractivity contribution is 0.413. The number of halogens is 2. The maximum atomic E-state index is 6.50. The summed E-state index contributed by atoms with van der Waals surface area (Å²) in [6.07, 6.45) is 5.05. The van der Waals surface area contributed by atoms with Gasteiger partial charge >= 0.3 is 0 Å². The van der Waals surface area contributed by atoms with Crippen molar-refractivity contribution in [3.8, 4) is 17.3 Å². The van der Waals surface area contributed by atoms with Crippen LogP contribution >= 0.6 is 23.2 Å². The van der Waals surface area contributed by atoms with Crippen LogP contribution in [0.2, 0.25) is 10.0 Å². The summed E-state index contributed by atoms with van der Waals surface area (Å²) in [5, 5.41) is 10.3. The van der Waals surface area contributed by atoms with E-state index in [2.05, 4.69) is 15.3 Å². The zero-order chi connectivity index (χ0) is 23.7. The molecule has 170 valence electrons. The highest BCUT2D eigenvalue weighted by molar-refractivity contribution is 6.35. The summed E-state index contributed by atoms with van der Waals surface area (Å²) in [7, 11) is 1.58. The minimum atomic E-state index is -0.143. The van der Waals surface area contributed by atoms with Crippen molar-refractivity contribution in [2.24, 2.45) is 0 Å². The molecule has 1 N–H and O–H groups in total. The molecule has 34 heavy (non-hydrogen) atoms. The van der Waals surface area contributed by atoms with Crippen molar-refractivity contribution >= 4 is 45.6 Å². The molecule has 3 aromatic heterocycles. The highest BCUT2D eigenvalue weighted by Gasteiger charge is 2.21. The molecule has 0 fully saturated rings. The molecule has 0 aliphatic heterocycles. The molecule has 0 saturated carbocycles. The molecule has 0 amide bonds. The fourth-order valence-corrected chi connectivity index (χ4v) is 4.38. The van der Waals surface area contributed by atoms with E-state index < -0.39 is 0 Å². The van der Waals surface area contributed by atoms with E-state index in [9.17, 15) is 0 Å². The van der Waals surface area contributed by atoms with Gasteiger partial charge < -0.3 is 10.1 Å². The van der Waals surface area contributed by atoms with Crippen molar-refractivity contribution < 1.29 is 4.74 Å². The van der Waals surface area contributed by atoms with E-state index in [-0.39, 0.29) is 6.04 Å². The second kappa shape index (κ2) is 9.29. The van der Waals surface area contributed by atoms with Crippen LogP contribution in [-0.2, 0) is 0 Å². The third-order valence-corrected chi connectivity index (χ3v) is 6.09. The van der Waals surface area contributed by atoms with Crippen LogP contribution in [0.5, 0.6) is 5.75 Å². The Morgan fingerprint density at radius 3 is 2.59 bits per heavy atom. The molecular weight excluding hydrogens is 471 g/mol. The van der Waals surface area contributed by atoms with E-state index in [0.29, 0.717) is 33.1 Å². The minimum absolute atomic E-state index is 0.143. The van der Waals surface area contributed by atoms with Gasteiger partial charge in [-0.15, -0.1) is 0 Å². The van der Waals surface area contributed by atoms with E-state index in [1.165, 1.54) is 0 Å². The first kappa shape index (κ1) is 22.1. The number of para-hydroxylation sites is 1. The quantitative estimate of drug-likeness (QED) is 0.290. The average Bonchev–Trinajstić information content (AvgIpc) is 3.24. The molecule has 0 bridgehead atoms. The van der Waals surface area contributed by atoms with Crippen molar-refractivity contribution in [3.05, 3.63) is 88.8 Å². The van der Waals surface area contributed by atoms with Crippen molar-refractivity contribution in [3.63, 3.8) is 0 Å². The topological polar surface area (TPSA) is 77.8 Å². The Balaban J connectivity index is 1.62. The molecular formula is C25H20Cl2N6O. The number of fused-ring (bicyclic) bond motifs is 1. The number of methoxy groups -OCH3 is 1. The predicted octanol–water partition coefficient (Wildman–Crippen LogP) is 6.56. The van der Waals surface area contributed by atoms with Crippen molar-refractivity contribution in [1.82, 2.24) is 24.7 Å². The van der Waals surface area contributed by atoms with E-state index in [4.69, 9.17) is 38.0 Å². The number of nitrogens with one attached hydrogen (secondary N) is 1.